The molecule has 3 unspecified atom stereocenters. The Hall–Kier alpha value is -2.24. The molecule has 27 heavy (non-hydrogen) atoms. The molecule has 0 N–H and O–H groups in total. The molecule has 1 saturated heterocycles. The number of esters is 1. The van der Waals surface area contributed by atoms with E-state index in [-0.39, 0.29) is 24.7 Å². The highest BCUT2D eigenvalue weighted by molar-refractivity contribution is 5.82. The Morgan fingerprint density at radius 3 is 2.52 bits per heavy atom. The van der Waals surface area contributed by atoms with Crippen LogP contribution in [-0.2, 0) is 20.9 Å². The van der Waals surface area contributed by atoms with Crippen molar-refractivity contribution in [1.82, 2.24) is 4.90 Å². The first kappa shape index (κ1) is 19.5. The van der Waals surface area contributed by atoms with Gasteiger partial charge in [-0.2, -0.15) is 0 Å². The summed E-state index contributed by atoms with van der Waals surface area (Å²) in [5, 5.41) is 0. The zero-order chi connectivity index (χ0) is 19.4. The lowest BCUT2D eigenvalue weighted by Gasteiger charge is -2.32. The molecule has 1 heterocycles. The number of likely N-dealkylation sites (tertiary alicyclic amines) is 1. The fourth-order valence-electron chi connectivity index (χ4n) is 4.19. The number of hydrogen-bond acceptors (Lipinski definition) is 5. The summed E-state index contributed by atoms with van der Waals surface area (Å²) in [6.07, 6.45) is 4.26. The molecular formula is C21H29NO5. The predicted octanol–water partition coefficient (Wildman–Crippen LogP) is 3.92. The van der Waals surface area contributed by atoms with Crippen molar-refractivity contribution < 1.29 is 23.8 Å². The minimum atomic E-state index is -0.538. The Kier molecular flexibility index (Phi) is 6.24. The van der Waals surface area contributed by atoms with Crippen molar-refractivity contribution in [3.05, 3.63) is 29.8 Å². The number of hydrogen-bond donors (Lipinski definition) is 0. The number of ether oxygens (including phenoxy) is 3. The van der Waals surface area contributed by atoms with Crippen LogP contribution in [0.1, 0.15) is 51.5 Å². The van der Waals surface area contributed by atoms with Crippen LogP contribution in [-0.4, -0.2) is 42.3 Å². The summed E-state index contributed by atoms with van der Waals surface area (Å²) in [4.78, 5) is 27.1. The van der Waals surface area contributed by atoms with Crippen molar-refractivity contribution in [2.24, 2.45) is 5.92 Å². The summed E-state index contributed by atoms with van der Waals surface area (Å²) in [6.45, 7) is 3.82. The molecule has 1 aliphatic heterocycles. The summed E-state index contributed by atoms with van der Waals surface area (Å²) in [7, 11) is 1.61. The van der Waals surface area contributed by atoms with E-state index in [0.29, 0.717) is 12.3 Å². The summed E-state index contributed by atoms with van der Waals surface area (Å²) in [6, 6.07) is 6.93. The molecule has 1 amide bonds. The topological polar surface area (TPSA) is 65.1 Å². The van der Waals surface area contributed by atoms with Gasteiger partial charge in [0, 0.05) is 6.04 Å². The number of methoxy groups -OCH3 is 1. The van der Waals surface area contributed by atoms with E-state index in [2.05, 4.69) is 0 Å². The zero-order valence-electron chi connectivity index (χ0n) is 16.3. The molecule has 3 rings (SSSR count). The Balaban J connectivity index is 1.68. The van der Waals surface area contributed by atoms with Crippen LogP contribution in [0.5, 0.6) is 5.75 Å². The van der Waals surface area contributed by atoms with Crippen molar-refractivity contribution >= 4 is 12.1 Å². The summed E-state index contributed by atoms with van der Waals surface area (Å²) >= 11 is 0. The number of fused-ring (bicyclic) bond motifs is 1. The standard InChI is InChI=1S/C21H29NO5/c1-14(2)27-20(23)19-12-16-6-4-5-7-18(16)22(19)21(24)26-13-15-8-10-17(25-3)11-9-15/h8-11,14,16,18-19H,4-7,12-13H2,1-3H3. The Bertz CT molecular complexity index is 657. The molecular weight excluding hydrogens is 346 g/mol. The third-order valence-corrected chi connectivity index (χ3v) is 5.44. The van der Waals surface area contributed by atoms with Gasteiger partial charge in [0.1, 0.15) is 18.4 Å². The van der Waals surface area contributed by atoms with Crippen LogP contribution in [0.4, 0.5) is 4.79 Å². The molecule has 0 spiro atoms. The summed E-state index contributed by atoms with van der Waals surface area (Å²) in [5.41, 5.74) is 0.879. The third kappa shape index (κ3) is 4.54. The first-order valence-electron chi connectivity index (χ1n) is 9.78. The van der Waals surface area contributed by atoms with Crippen LogP contribution < -0.4 is 4.74 Å². The van der Waals surface area contributed by atoms with E-state index in [9.17, 15) is 9.59 Å². The lowest BCUT2D eigenvalue weighted by atomic mass is 9.85. The number of carbonyl (C=O) groups excluding carboxylic acids is 2. The summed E-state index contributed by atoms with van der Waals surface area (Å²) < 4.78 is 16.1. The third-order valence-electron chi connectivity index (χ3n) is 5.44. The Labute approximate surface area is 160 Å². The molecule has 3 atom stereocenters. The maximum absolute atomic E-state index is 12.9. The first-order chi connectivity index (χ1) is 13.0. The molecule has 1 saturated carbocycles. The van der Waals surface area contributed by atoms with Gasteiger partial charge in [-0.25, -0.2) is 9.59 Å². The second-order valence-corrected chi connectivity index (χ2v) is 7.66. The van der Waals surface area contributed by atoms with Gasteiger partial charge >= 0.3 is 12.1 Å². The van der Waals surface area contributed by atoms with Crippen LogP contribution in [0.25, 0.3) is 0 Å². The van der Waals surface area contributed by atoms with Gasteiger partial charge in [0.05, 0.1) is 13.2 Å². The smallest absolute Gasteiger partial charge is 0.411 e. The highest BCUT2D eigenvalue weighted by Crippen LogP contribution is 2.40. The molecule has 1 aromatic carbocycles. The first-order valence-corrected chi connectivity index (χ1v) is 9.78. The van der Waals surface area contributed by atoms with E-state index in [1.807, 2.05) is 38.1 Å². The SMILES string of the molecule is COc1ccc(COC(=O)N2C(C(=O)OC(C)C)CC3CCCCC32)cc1. The average Bonchev–Trinajstić information content (AvgIpc) is 3.06. The molecule has 0 bridgehead atoms. The molecule has 0 aromatic heterocycles. The molecule has 6 nitrogen and oxygen atoms in total. The van der Waals surface area contributed by atoms with Crippen LogP contribution in [0.15, 0.2) is 24.3 Å². The van der Waals surface area contributed by atoms with Gasteiger partial charge in [-0.15, -0.1) is 0 Å². The van der Waals surface area contributed by atoms with Crippen molar-refractivity contribution in [3.8, 4) is 5.75 Å². The summed E-state index contributed by atoms with van der Waals surface area (Å²) in [5.74, 6) is 0.795. The van der Waals surface area contributed by atoms with E-state index in [1.165, 1.54) is 0 Å². The lowest BCUT2D eigenvalue weighted by molar-refractivity contribution is -0.152. The average molecular weight is 375 g/mol. The maximum Gasteiger partial charge on any atom is 0.411 e. The number of benzene rings is 1. The molecule has 0 radical (unpaired) electrons. The number of carbonyl (C=O) groups is 2. The Morgan fingerprint density at radius 1 is 1.15 bits per heavy atom. The van der Waals surface area contributed by atoms with Crippen molar-refractivity contribution in [1.29, 1.82) is 0 Å². The van der Waals surface area contributed by atoms with Gasteiger partial charge in [-0.05, 0) is 56.7 Å². The van der Waals surface area contributed by atoms with E-state index < -0.39 is 12.1 Å². The van der Waals surface area contributed by atoms with Crippen LogP contribution in [0.2, 0.25) is 0 Å². The predicted molar refractivity (Wildman–Crippen MR) is 100 cm³/mol. The van der Waals surface area contributed by atoms with Crippen molar-refractivity contribution in [3.63, 3.8) is 0 Å². The van der Waals surface area contributed by atoms with Gasteiger partial charge in [0.15, 0.2) is 0 Å². The zero-order valence-corrected chi connectivity index (χ0v) is 16.3. The van der Waals surface area contributed by atoms with Gasteiger partial charge in [0.2, 0.25) is 0 Å². The van der Waals surface area contributed by atoms with Gasteiger partial charge in [-0.3, -0.25) is 4.90 Å². The number of nitrogens with zero attached hydrogens (tertiary/aromatic N) is 1. The fraction of sp³-hybridized carbons (Fsp3) is 0.619. The van der Waals surface area contributed by atoms with E-state index in [1.54, 1.807) is 12.0 Å². The highest BCUT2D eigenvalue weighted by atomic mass is 16.6. The van der Waals surface area contributed by atoms with E-state index in [0.717, 1.165) is 37.0 Å². The monoisotopic (exact) mass is 375 g/mol. The molecule has 1 aromatic rings. The molecule has 148 valence electrons. The Morgan fingerprint density at radius 2 is 1.85 bits per heavy atom. The second kappa shape index (κ2) is 8.63. The van der Waals surface area contributed by atoms with Crippen LogP contribution in [0.3, 0.4) is 0 Å². The minimum Gasteiger partial charge on any atom is -0.497 e. The van der Waals surface area contributed by atoms with Crippen LogP contribution >= 0.6 is 0 Å². The second-order valence-electron chi connectivity index (χ2n) is 7.66. The lowest BCUT2D eigenvalue weighted by Crippen LogP contribution is -2.47. The van der Waals surface area contributed by atoms with E-state index >= 15 is 0 Å². The van der Waals surface area contributed by atoms with Crippen LogP contribution in [0, 0.1) is 5.92 Å². The van der Waals surface area contributed by atoms with E-state index in [4.69, 9.17) is 14.2 Å². The maximum atomic E-state index is 12.9. The quantitative estimate of drug-likeness (QED) is 0.730. The molecule has 2 fully saturated rings. The van der Waals surface area contributed by atoms with Crippen molar-refractivity contribution in [2.45, 2.75) is 70.7 Å². The number of amides is 1. The largest absolute Gasteiger partial charge is 0.497 e. The van der Waals surface area contributed by atoms with Crippen molar-refractivity contribution in [2.75, 3.05) is 7.11 Å². The minimum absolute atomic E-state index is 0.0758. The molecule has 6 heteroatoms. The normalized spacial score (nSPS) is 24.4. The van der Waals surface area contributed by atoms with Gasteiger partial charge < -0.3 is 14.2 Å². The highest BCUT2D eigenvalue weighted by Gasteiger charge is 2.49. The van der Waals surface area contributed by atoms with Gasteiger partial charge in [0.25, 0.3) is 0 Å². The van der Waals surface area contributed by atoms with Gasteiger partial charge in [-0.1, -0.05) is 25.0 Å². The number of rotatable bonds is 5. The molecule has 2 aliphatic rings. The fourth-order valence-corrected chi connectivity index (χ4v) is 4.19. The molecule has 1 aliphatic carbocycles.